The normalized spacial score (nSPS) is 24.7. The summed E-state index contributed by atoms with van der Waals surface area (Å²) in [5.41, 5.74) is 4.25. The van der Waals surface area contributed by atoms with Crippen LogP contribution in [-0.2, 0) is 30.4 Å². The predicted octanol–water partition coefficient (Wildman–Crippen LogP) is 1.11. The minimum absolute atomic E-state index is 0.0415. The minimum atomic E-state index is -2.67. The molecule has 0 saturated heterocycles. The number of aliphatic hydroxyl groups is 3. The third kappa shape index (κ3) is 4.37. The SMILES string of the molecule is CN(C)c1cc(-c2ccccc2)c(O)c2c1C[C@H]1C[C@H]3[C@@H](N(C)C)C(=O)C(C(N)=O)=C(O)[C@@]3(O)C(=O)C1=C2O.O=C=O. The third-order valence-electron chi connectivity index (χ3n) is 8.26. The smallest absolute Gasteiger partial charge is 0.373 e. The number of aromatic hydroxyl groups is 1. The molecule has 3 aliphatic rings. The van der Waals surface area contributed by atoms with E-state index in [-0.39, 0.29) is 35.9 Å². The molecule has 12 nitrogen and oxygen atoms in total. The molecule has 2 aromatic rings. The van der Waals surface area contributed by atoms with Gasteiger partial charge in [0.2, 0.25) is 5.78 Å². The molecule has 42 heavy (non-hydrogen) atoms. The van der Waals surface area contributed by atoms with Crippen molar-refractivity contribution < 1.29 is 44.4 Å². The van der Waals surface area contributed by atoms with Crippen molar-refractivity contribution in [2.75, 3.05) is 33.1 Å². The van der Waals surface area contributed by atoms with Crippen molar-refractivity contribution in [1.29, 1.82) is 0 Å². The van der Waals surface area contributed by atoms with Gasteiger partial charge in [-0.1, -0.05) is 30.3 Å². The highest BCUT2D eigenvalue weighted by atomic mass is 16.3. The van der Waals surface area contributed by atoms with E-state index in [1.54, 1.807) is 14.1 Å². The number of nitrogens with two attached hydrogens (primary N) is 1. The first-order valence-electron chi connectivity index (χ1n) is 13.0. The Morgan fingerprint density at radius 2 is 1.64 bits per heavy atom. The Morgan fingerprint density at radius 3 is 2.17 bits per heavy atom. The van der Waals surface area contributed by atoms with E-state index >= 15 is 0 Å². The first kappa shape index (κ1) is 30.2. The quantitative estimate of drug-likeness (QED) is 0.326. The lowest BCUT2D eigenvalue weighted by Crippen LogP contribution is -2.65. The summed E-state index contributed by atoms with van der Waals surface area (Å²) in [5.74, 6) is -6.66. The lowest BCUT2D eigenvalue weighted by Gasteiger charge is -2.50. The molecule has 0 bridgehead atoms. The van der Waals surface area contributed by atoms with Crippen LogP contribution in [0.4, 0.5) is 5.69 Å². The van der Waals surface area contributed by atoms with Crippen molar-refractivity contribution in [3.8, 4) is 16.9 Å². The zero-order chi connectivity index (χ0) is 31.3. The number of anilines is 1. The molecule has 4 atom stereocenters. The molecule has 0 heterocycles. The van der Waals surface area contributed by atoms with Gasteiger partial charge in [0.05, 0.1) is 11.6 Å². The number of phenolic OH excluding ortho intramolecular Hbond substituents is 1. The summed E-state index contributed by atoms with van der Waals surface area (Å²) in [7, 11) is 6.80. The predicted molar refractivity (Wildman–Crippen MR) is 149 cm³/mol. The lowest BCUT2D eigenvalue weighted by atomic mass is 9.57. The number of hydrogen-bond acceptors (Lipinski definition) is 11. The number of phenols is 1. The number of hydrogen-bond donors (Lipinski definition) is 5. The standard InChI is InChI=1S/C29H31N3O7.CO2/c1-31(2)18-12-15(13-8-6-5-7-9-13)23(33)20-16(18)10-14-11-17-22(32(3)4)25(35)21(28(30)38)27(37)29(17,39)26(36)19(14)24(20)34;2-1-3/h5-9,12,14,17,22,33-34,37,39H,10-11H2,1-4H3,(H2,30,38);/t14-,17-,22+,29-;/m0./s1. The Labute approximate surface area is 241 Å². The molecule has 12 heteroatoms. The maximum Gasteiger partial charge on any atom is 0.373 e. The van der Waals surface area contributed by atoms with Crippen LogP contribution in [0.15, 0.2) is 53.3 Å². The Kier molecular flexibility index (Phi) is 7.84. The van der Waals surface area contributed by atoms with Gasteiger partial charge >= 0.3 is 6.15 Å². The van der Waals surface area contributed by atoms with Crippen LogP contribution in [0.1, 0.15) is 17.5 Å². The van der Waals surface area contributed by atoms with Gasteiger partial charge in [0.25, 0.3) is 5.91 Å². The molecular formula is C30H31N3O9. The second-order valence-electron chi connectivity index (χ2n) is 11.0. The molecule has 2 aromatic carbocycles. The van der Waals surface area contributed by atoms with Crippen molar-refractivity contribution in [3.05, 3.63) is 64.4 Å². The molecule has 0 aromatic heterocycles. The van der Waals surface area contributed by atoms with Gasteiger partial charge in [-0.2, -0.15) is 9.59 Å². The molecule has 5 rings (SSSR count). The number of amides is 1. The Balaban J connectivity index is 0.00000129. The van der Waals surface area contributed by atoms with Gasteiger partial charge in [-0.05, 0) is 50.0 Å². The van der Waals surface area contributed by atoms with Crippen LogP contribution in [0.2, 0.25) is 0 Å². The number of Topliss-reactive ketones (excluding diaryl/α,β-unsaturated/α-hetero) is 2. The largest absolute Gasteiger partial charge is 0.508 e. The zero-order valence-corrected chi connectivity index (χ0v) is 23.4. The van der Waals surface area contributed by atoms with Crippen LogP contribution in [0.3, 0.4) is 0 Å². The first-order valence-corrected chi connectivity index (χ1v) is 13.0. The first-order chi connectivity index (χ1) is 19.7. The summed E-state index contributed by atoms with van der Waals surface area (Å²) in [6.45, 7) is 0. The molecule has 0 radical (unpaired) electrons. The molecule has 1 fully saturated rings. The molecule has 0 aliphatic heterocycles. The number of nitrogens with zero attached hydrogens (tertiary/aromatic N) is 2. The highest BCUT2D eigenvalue weighted by Crippen LogP contribution is 2.54. The zero-order valence-electron chi connectivity index (χ0n) is 23.4. The Hall–Kier alpha value is -4.77. The van der Waals surface area contributed by atoms with E-state index < -0.39 is 58.0 Å². The van der Waals surface area contributed by atoms with Crippen molar-refractivity contribution in [2.24, 2.45) is 17.6 Å². The summed E-state index contributed by atoms with van der Waals surface area (Å²) in [4.78, 5) is 59.0. The number of carbonyl (C=O) groups excluding carboxylic acids is 5. The summed E-state index contributed by atoms with van der Waals surface area (Å²) in [6.07, 6.45) is 0.518. The summed E-state index contributed by atoms with van der Waals surface area (Å²) < 4.78 is 0. The van der Waals surface area contributed by atoms with Crippen molar-refractivity contribution in [3.63, 3.8) is 0 Å². The van der Waals surface area contributed by atoms with E-state index in [0.29, 0.717) is 16.7 Å². The van der Waals surface area contributed by atoms with Crippen LogP contribution in [0.5, 0.6) is 5.75 Å². The summed E-state index contributed by atoms with van der Waals surface area (Å²) in [6, 6.07) is 9.79. The van der Waals surface area contributed by atoms with Gasteiger partial charge in [-0.25, -0.2) is 0 Å². The van der Waals surface area contributed by atoms with Crippen molar-refractivity contribution in [1.82, 2.24) is 4.90 Å². The number of primary amides is 1. The topological polar surface area (TPSA) is 199 Å². The minimum Gasteiger partial charge on any atom is -0.508 e. The maximum atomic E-state index is 14.0. The third-order valence-corrected chi connectivity index (χ3v) is 8.26. The molecule has 1 amide bonds. The van der Waals surface area contributed by atoms with Gasteiger partial charge in [-0.3, -0.25) is 19.3 Å². The van der Waals surface area contributed by atoms with Crippen molar-refractivity contribution >= 4 is 35.1 Å². The van der Waals surface area contributed by atoms with Crippen LogP contribution in [0.25, 0.3) is 16.9 Å². The van der Waals surface area contributed by atoms with E-state index in [1.165, 1.54) is 4.90 Å². The molecule has 220 valence electrons. The molecule has 0 unspecified atom stereocenters. The van der Waals surface area contributed by atoms with Crippen LogP contribution in [-0.4, -0.2) is 88.8 Å². The fourth-order valence-corrected chi connectivity index (χ4v) is 6.53. The molecular weight excluding hydrogens is 546 g/mol. The van der Waals surface area contributed by atoms with E-state index in [2.05, 4.69) is 0 Å². The average molecular weight is 578 g/mol. The second-order valence-corrected chi connectivity index (χ2v) is 11.0. The van der Waals surface area contributed by atoms with Crippen molar-refractivity contribution in [2.45, 2.75) is 24.5 Å². The number of likely N-dealkylation sites (N-methyl/N-ethyl adjacent to an activating group) is 1. The van der Waals surface area contributed by atoms with Gasteiger partial charge in [0.15, 0.2) is 11.4 Å². The van der Waals surface area contributed by atoms with Crippen LogP contribution < -0.4 is 10.6 Å². The average Bonchev–Trinajstić information content (AvgIpc) is 2.91. The molecule has 1 saturated carbocycles. The highest BCUT2D eigenvalue weighted by molar-refractivity contribution is 6.24. The van der Waals surface area contributed by atoms with Gasteiger partial charge in [0, 0.05) is 36.8 Å². The van der Waals surface area contributed by atoms with E-state index in [9.17, 15) is 34.8 Å². The van der Waals surface area contributed by atoms with E-state index in [0.717, 1.165) is 5.69 Å². The molecule has 6 N–H and O–H groups in total. The van der Waals surface area contributed by atoms with Gasteiger partial charge in [-0.15, -0.1) is 0 Å². The number of ketones is 2. The lowest BCUT2D eigenvalue weighted by molar-refractivity contribution is -0.191. The van der Waals surface area contributed by atoms with E-state index in [4.69, 9.17) is 15.3 Å². The monoisotopic (exact) mass is 577 g/mol. The Bertz CT molecular complexity index is 1590. The van der Waals surface area contributed by atoms with E-state index in [1.807, 2.05) is 55.4 Å². The molecule has 3 aliphatic carbocycles. The maximum absolute atomic E-state index is 14.0. The van der Waals surface area contributed by atoms with Gasteiger partial charge in [0.1, 0.15) is 22.8 Å². The van der Waals surface area contributed by atoms with Crippen LogP contribution in [0, 0.1) is 11.8 Å². The Morgan fingerprint density at radius 1 is 1.05 bits per heavy atom. The summed E-state index contributed by atoms with van der Waals surface area (Å²) >= 11 is 0. The highest BCUT2D eigenvalue weighted by Gasteiger charge is 2.64. The fourth-order valence-electron chi connectivity index (χ4n) is 6.53. The number of rotatable bonds is 4. The fraction of sp³-hybridized carbons (Fsp3) is 0.333. The van der Waals surface area contributed by atoms with Crippen LogP contribution >= 0.6 is 0 Å². The summed E-state index contributed by atoms with van der Waals surface area (Å²) in [5, 5.41) is 45.7. The molecule has 0 spiro atoms. The second kappa shape index (κ2) is 10.9. The number of fused-ring (bicyclic) bond motifs is 3. The number of aliphatic hydroxyl groups excluding tert-OH is 2. The number of carbonyl (C=O) groups is 3. The number of benzene rings is 2. The van der Waals surface area contributed by atoms with Gasteiger partial charge < -0.3 is 31.1 Å².